The van der Waals surface area contributed by atoms with E-state index in [9.17, 15) is 0 Å². The second-order valence-corrected chi connectivity index (χ2v) is 4.41. The predicted octanol–water partition coefficient (Wildman–Crippen LogP) is 3.02. The first-order valence-electron chi connectivity index (χ1n) is 6.26. The summed E-state index contributed by atoms with van der Waals surface area (Å²) in [5.74, 6) is 0. The van der Waals surface area contributed by atoms with Crippen LogP contribution in [0.4, 0.5) is 11.4 Å². The second kappa shape index (κ2) is 6.17. The van der Waals surface area contributed by atoms with Crippen molar-refractivity contribution in [2.45, 2.75) is 19.8 Å². The number of anilines is 2. The molecule has 0 fully saturated rings. The zero-order valence-corrected chi connectivity index (χ0v) is 10.7. The number of hydrogen-bond donors (Lipinski definition) is 2. The Morgan fingerprint density at radius 2 is 2.17 bits per heavy atom. The van der Waals surface area contributed by atoms with E-state index < -0.39 is 0 Å². The van der Waals surface area contributed by atoms with E-state index in [0.717, 1.165) is 36.3 Å². The van der Waals surface area contributed by atoms with Gasteiger partial charge in [-0.15, -0.1) is 0 Å². The van der Waals surface area contributed by atoms with Crippen LogP contribution in [0.5, 0.6) is 0 Å². The molecule has 2 rings (SSSR count). The predicted molar refractivity (Wildman–Crippen MR) is 76.1 cm³/mol. The van der Waals surface area contributed by atoms with Crippen LogP contribution in [0.1, 0.15) is 17.5 Å². The molecule has 0 radical (unpaired) electrons. The van der Waals surface area contributed by atoms with Crippen LogP contribution in [0, 0.1) is 6.92 Å². The smallest absolute Gasteiger partial charge is 0.0444 e. The van der Waals surface area contributed by atoms with E-state index in [1.165, 1.54) is 5.56 Å². The van der Waals surface area contributed by atoms with Crippen LogP contribution in [0.3, 0.4) is 0 Å². The van der Waals surface area contributed by atoms with E-state index in [-0.39, 0.29) is 0 Å². The van der Waals surface area contributed by atoms with Gasteiger partial charge in [0.25, 0.3) is 0 Å². The first kappa shape index (κ1) is 12.6. The summed E-state index contributed by atoms with van der Waals surface area (Å²) in [6.07, 6.45) is 5.72. The van der Waals surface area contributed by atoms with E-state index in [2.05, 4.69) is 34.6 Å². The molecular weight excluding hydrogens is 222 g/mol. The molecule has 1 heterocycles. The summed E-state index contributed by atoms with van der Waals surface area (Å²) < 4.78 is 0. The Kier molecular flexibility index (Phi) is 4.31. The van der Waals surface area contributed by atoms with Crippen molar-refractivity contribution in [2.24, 2.45) is 5.73 Å². The van der Waals surface area contributed by atoms with E-state index in [4.69, 9.17) is 5.73 Å². The number of aryl methyl sites for hydroxylation is 2. The monoisotopic (exact) mass is 241 g/mol. The summed E-state index contributed by atoms with van der Waals surface area (Å²) in [6.45, 7) is 2.79. The highest BCUT2D eigenvalue weighted by Crippen LogP contribution is 2.20. The average Bonchev–Trinajstić information content (AvgIpc) is 2.40. The summed E-state index contributed by atoms with van der Waals surface area (Å²) in [6, 6.07) is 10.5. The standard InChI is InChI=1S/C15H19N3/c1-12-11-17-9-7-15(12)18-14-6-2-4-13(10-14)5-3-8-16/h2,4,6-7,9-11H,3,5,8,16H2,1H3,(H,17,18). The largest absolute Gasteiger partial charge is 0.355 e. The van der Waals surface area contributed by atoms with Crippen LogP contribution >= 0.6 is 0 Å². The number of hydrogen-bond acceptors (Lipinski definition) is 3. The number of aromatic nitrogens is 1. The molecule has 2 aromatic rings. The van der Waals surface area contributed by atoms with Gasteiger partial charge in [0.05, 0.1) is 0 Å². The van der Waals surface area contributed by atoms with Crippen molar-refractivity contribution in [3.05, 3.63) is 53.9 Å². The number of nitrogens with two attached hydrogens (primary N) is 1. The van der Waals surface area contributed by atoms with Crippen molar-refractivity contribution in [1.29, 1.82) is 0 Å². The lowest BCUT2D eigenvalue weighted by Crippen LogP contribution is -2.00. The van der Waals surface area contributed by atoms with Crippen LogP contribution in [0.2, 0.25) is 0 Å². The van der Waals surface area contributed by atoms with Crippen molar-refractivity contribution in [2.75, 3.05) is 11.9 Å². The first-order valence-corrected chi connectivity index (χ1v) is 6.26. The molecule has 94 valence electrons. The van der Waals surface area contributed by atoms with Gasteiger partial charge in [0, 0.05) is 23.8 Å². The lowest BCUT2D eigenvalue weighted by Gasteiger charge is -2.10. The van der Waals surface area contributed by atoms with Gasteiger partial charge in [-0.25, -0.2) is 0 Å². The van der Waals surface area contributed by atoms with Crippen LogP contribution in [-0.2, 0) is 6.42 Å². The highest BCUT2D eigenvalue weighted by Gasteiger charge is 1.99. The van der Waals surface area contributed by atoms with E-state index >= 15 is 0 Å². The topological polar surface area (TPSA) is 50.9 Å². The van der Waals surface area contributed by atoms with Gasteiger partial charge in [-0.3, -0.25) is 4.98 Å². The number of rotatable bonds is 5. The van der Waals surface area contributed by atoms with Crippen molar-refractivity contribution < 1.29 is 0 Å². The molecular formula is C15H19N3. The summed E-state index contributed by atoms with van der Waals surface area (Å²) in [5.41, 5.74) is 10.2. The molecule has 0 aliphatic heterocycles. The van der Waals surface area contributed by atoms with E-state index in [1.807, 2.05) is 19.2 Å². The molecule has 3 nitrogen and oxygen atoms in total. The fraction of sp³-hybridized carbons (Fsp3) is 0.267. The SMILES string of the molecule is Cc1cnccc1Nc1cccc(CCCN)c1. The third kappa shape index (κ3) is 3.31. The minimum atomic E-state index is 0.737. The Balaban J connectivity index is 2.12. The van der Waals surface area contributed by atoms with E-state index in [0.29, 0.717) is 0 Å². The minimum Gasteiger partial charge on any atom is -0.355 e. The molecule has 3 heteroatoms. The molecule has 0 aliphatic carbocycles. The van der Waals surface area contributed by atoms with Crippen LogP contribution in [0.25, 0.3) is 0 Å². The van der Waals surface area contributed by atoms with Crippen LogP contribution in [0.15, 0.2) is 42.7 Å². The Hall–Kier alpha value is -1.87. The summed E-state index contributed by atoms with van der Waals surface area (Å²) in [4.78, 5) is 4.09. The molecule has 0 spiro atoms. The summed E-state index contributed by atoms with van der Waals surface area (Å²) >= 11 is 0. The van der Waals surface area contributed by atoms with Crippen molar-refractivity contribution in [3.8, 4) is 0 Å². The molecule has 1 aromatic heterocycles. The normalized spacial score (nSPS) is 10.3. The molecule has 0 saturated carbocycles. The van der Waals surface area contributed by atoms with Crippen LogP contribution < -0.4 is 11.1 Å². The second-order valence-electron chi connectivity index (χ2n) is 4.41. The Morgan fingerprint density at radius 1 is 1.28 bits per heavy atom. The highest BCUT2D eigenvalue weighted by atomic mass is 14.9. The molecule has 0 unspecified atom stereocenters. The highest BCUT2D eigenvalue weighted by molar-refractivity contribution is 5.62. The molecule has 0 saturated heterocycles. The number of nitrogens with zero attached hydrogens (tertiary/aromatic N) is 1. The van der Waals surface area contributed by atoms with Gasteiger partial charge in [0.15, 0.2) is 0 Å². The lowest BCUT2D eigenvalue weighted by atomic mass is 10.1. The summed E-state index contributed by atoms with van der Waals surface area (Å²) in [7, 11) is 0. The molecule has 18 heavy (non-hydrogen) atoms. The van der Waals surface area contributed by atoms with Gasteiger partial charge >= 0.3 is 0 Å². The Morgan fingerprint density at radius 3 is 2.94 bits per heavy atom. The third-order valence-electron chi connectivity index (χ3n) is 2.90. The molecule has 0 aliphatic rings. The Bertz CT molecular complexity index is 509. The van der Waals surface area contributed by atoms with Gasteiger partial charge in [-0.05, 0) is 55.6 Å². The molecule has 0 bridgehead atoms. The van der Waals surface area contributed by atoms with Gasteiger partial charge in [0.2, 0.25) is 0 Å². The lowest BCUT2D eigenvalue weighted by molar-refractivity contribution is 0.833. The third-order valence-corrected chi connectivity index (χ3v) is 2.90. The Labute approximate surface area is 108 Å². The zero-order valence-electron chi connectivity index (χ0n) is 10.7. The van der Waals surface area contributed by atoms with Crippen molar-refractivity contribution in [3.63, 3.8) is 0 Å². The molecule has 3 N–H and O–H groups in total. The first-order chi connectivity index (χ1) is 8.79. The molecule has 0 amide bonds. The minimum absolute atomic E-state index is 0.737. The summed E-state index contributed by atoms with van der Waals surface area (Å²) in [5, 5.41) is 3.42. The fourth-order valence-electron chi connectivity index (χ4n) is 1.88. The van der Waals surface area contributed by atoms with E-state index in [1.54, 1.807) is 6.20 Å². The van der Waals surface area contributed by atoms with Gasteiger partial charge in [0.1, 0.15) is 0 Å². The van der Waals surface area contributed by atoms with Crippen molar-refractivity contribution in [1.82, 2.24) is 4.98 Å². The quantitative estimate of drug-likeness (QED) is 0.846. The number of nitrogens with one attached hydrogen (secondary N) is 1. The number of pyridine rings is 1. The van der Waals surface area contributed by atoms with Crippen LogP contribution in [-0.4, -0.2) is 11.5 Å². The maximum absolute atomic E-state index is 5.54. The maximum atomic E-state index is 5.54. The van der Waals surface area contributed by atoms with Gasteiger partial charge < -0.3 is 11.1 Å². The van der Waals surface area contributed by atoms with Gasteiger partial charge in [-0.1, -0.05) is 12.1 Å². The van der Waals surface area contributed by atoms with Crippen molar-refractivity contribution >= 4 is 11.4 Å². The molecule has 0 atom stereocenters. The maximum Gasteiger partial charge on any atom is 0.0444 e. The average molecular weight is 241 g/mol. The zero-order chi connectivity index (χ0) is 12.8. The number of benzene rings is 1. The molecule has 1 aromatic carbocycles. The van der Waals surface area contributed by atoms with Gasteiger partial charge in [-0.2, -0.15) is 0 Å². The fourth-order valence-corrected chi connectivity index (χ4v) is 1.88.